The Morgan fingerprint density at radius 1 is 1.00 bits per heavy atom. The first kappa shape index (κ1) is 15.3. The SMILES string of the molecule is CC(C)n1cc(Nc2nc(-c3ccncc3)nc3ccccc23)cn1. The molecule has 0 spiro atoms. The van der Waals surface area contributed by atoms with Gasteiger partial charge in [0.1, 0.15) is 5.82 Å². The molecule has 6 heteroatoms. The highest BCUT2D eigenvalue weighted by molar-refractivity contribution is 5.92. The van der Waals surface area contributed by atoms with Gasteiger partial charge in [-0.1, -0.05) is 12.1 Å². The summed E-state index contributed by atoms with van der Waals surface area (Å²) in [5.41, 5.74) is 2.72. The van der Waals surface area contributed by atoms with Crippen LogP contribution in [-0.4, -0.2) is 24.7 Å². The highest BCUT2D eigenvalue weighted by Crippen LogP contribution is 2.27. The van der Waals surface area contributed by atoms with Gasteiger partial charge in [-0.05, 0) is 38.1 Å². The van der Waals surface area contributed by atoms with Crippen LogP contribution in [0, 0.1) is 0 Å². The number of nitrogens with one attached hydrogen (secondary N) is 1. The van der Waals surface area contributed by atoms with E-state index in [1.807, 2.05) is 53.5 Å². The van der Waals surface area contributed by atoms with E-state index < -0.39 is 0 Å². The van der Waals surface area contributed by atoms with Crippen LogP contribution in [0.2, 0.25) is 0 Å². The number of aromatic nitrogens is 5. The third kappa shape index (κ3) is 3.06. The lowest BCUT2D eigenvalue weighted by Crippen LogP contribution is -2.01. The second kappa shape index (κ2) is 6.32. The lowest BCUT2D eigenvalue weighted by atomic mass is 10.2. The highest BCUT2D eigenvalue weighted by atomic mass is 15.3. The predicted octanol–water partition coefficient (Wildman–Crippen LogP) is 4.21. The Kier molecular flexibility index (Phi) is 3.85. The van der Waals surface area contributed by atoms with Crippen LogP contribution in [0.1, 0.15) is 19.9 Å². The quantitative estimate of drug-likeness (QED) is 0.607. The molecule has 4 aromatic rings. The van der Waals surface area contributed by atoms with Gasteiger partial charge in [0.2, 0.25) is 0 Å². The molecule has 0 aliphatic heterocycles. The largest absolute Gasteiger partial charge is 0.337 e. The van der Waals surface area contributed by atoms with Crippen molar-refractivity contribution in [3.05, 3.63) is 61.2 Å². The molecular weight excluding hydrogens is 312 g/mol. The van der Waals surface area contributed by atoms with E-state index in [-0.39, 0.29) is 0 Å². The van der Waals surface area contributed by atoms with E-state index in [1.54, 1.807) is 12.4 Å². The van der Waals surface area contributed by atoms with Crippen molar-refractivity contribution in [2.24, 2.45) is 0 Å². The first-order valence-corrected chi connectivity index (χ1v) is 8.19. The van der Waals surface area contributed by atoms with Crippen molar-refractivity contribution < 1.29 is 0 Å². The molecule has 0 aliphatic rings. The average Bonchev–Trinajstić information content (AvgIpc) is 3.11. The number of benzene rings is 1. The van der Waals surface area contributed by atoms with Gasteiger partial charge in [0.15, 0.2) is 5.82 Å². The van der Waals surface area contributed by atoms with Crippen LogP contribution >= 0.6 is 0 Å². The zero-order chi connectivity index (χ0) is 17.2. The first-order chi connectivity index (χ1) is 12.2. The van der Waals surface area contributed by atoms with Crippen molar-refractivity contribution in [1.29, 1.82) is 0 Å². The van der Waals surface area contributed by atoms with Crippen molar-refractivity contribution in [3.8, 4) is 11.4 Å². The van der Waals surface area contributed by atoms with Gasteiger partial charge >= 0.3 is 0 Å². The molecule has 3 heterocycles. The van der Waals surface area contributed by atoms with Crippen LogP contribution in [0.25, 0.3) is 22.3 Å². The minimum Gasteiger partial charge on any atom is -0.337 e. The third-order valence-electron chi connectivity index (χ3n) is 3.94. The molecule has 0 atom stereocenters. The first-order valence-electron chi connectivity index (χ1n) is 8.19. The zero-order valence-electron chi connectivity index (χ0n) is 14.1. The fourth-order valence-electron chi connectivity index (χ4n) is 2.62. The van der Waals surface area contributed by atoms with Gasteiger partial charge in [-0.25, -0.2) is 9.97 Å². The number of nitrogens with zero attached hydrogens (tertiary/aromatic N) is 5. The zero-order valence-corrected chi connectivity index (χ0v) is 14.1. The van der Waals surface area contributed by atoms with E-state index >= 15 is 0 Å². The van der Waals surface area contributed by atoms with Gasteiger partial charge < -0.3 is 5.32 Å². The van der Waals surface area contributed by atoms with E-state index in [0.29, 0.717) is 11.9 Å². The molecule has 0 amide bonds. The summed E-state index contributed by atoms with van der Waals surface area (Å²) >= 11 is 0. The molecule has 0 aliphatic carbocycles. The van der Waals surface area contributed by atoms with Crippen molar-refractivity contribution in [3.63, 3.8) is 0 Å². The van der Waals surface area contributed by atoms with Crippen LogP contribution < -0.4 is 5.32 Å². The maximum atomic E-state index is 4.73. The summed E-state index contributed by atoms with van der Waals surface area (Å²) in [5.74, 6) is 1.43. The highest BCUT2D eigenvalue weighted by Gasteiger charge is 2.10. The Bertz CT molecular complexity index is 1010. The summed E-state index contributed by atoms with van der Waals surface area (Å²) in [6, 6.07) is 12.1. The third-order valence-corrected chi connectivity index (χ3v) is 3.94. The molecule has 124 valence electrons. The molecule has 0 saturated heterocycles. The summed E-state index contributed by atoms with van der Waals surface area (Å²) in [6.45, 7) is 4.19. The fourth-order valence-corrected chi connectivity index (χ4v) is 2.62. The number of hydrogen-bond acceptors (Lipinski definition) is 5. The summed E-state index contributed by atoms with van der Waals surface area (Å²) < 4.78 is 1.91. The van der Waals surface area contributed by atoms with Gasteiger partial charge in [0.25, 0.3) is 0 Å². The number of para-hydroxylation sites is 1. The number of pyridine rings is 1. The van der Waals surface area contributed by atoms with E-state index in [1.165, 1.54) is 0 Å². The molecule has 0 radical (unpaired) electrons. The van der Waals surface area contributed by atoms with Crippen LogP contribution in [0.3, 0.4) is 0 Å². The minimum absolute atomic E-state index is 0.310. The normalized spacial score (nSPS) is 11.2. The molecule has 1 N–H and O–H groups in total. The fraction of sp³-hybridized carbons (Fsp3) is 0.158. The minimum atomic E-state index is 0.310. The summed E-state index contributed by atoms with van der Waals surface area (Å²) in [5, 5.41) is 8.73. The summed E-state index contributed by atoms with van der Waals surface area (Å²) in [4.78, 5) is 13.5. The van der Waals surface area contributed by atoms with Crippen LogP contribution in [0.5, 0.6) is 0 Å². The monoisotopic (exact) mass is 330 g/mol. The maximum Gasteiger partial charge on any atom is 0.162 e. The Balaban J connectivity index is 1.80. The molecule has 6 nitrogen and oxygen atoms in total. The second-order valence-corrected chi connectivity index (χ2v) is 6.08. The molecular formula is C19H18N6. The summed E-state index contributed by atoms with van der Waals surface area (Å²) in [6.07, 6.45) is 7.28. The topological polar surface area (TPSA) is 68.5 Å². The molecule has 25 heavy (non-hydrogen) atoms. The van der Waals surface area contributed by atoms with Crippen LogP contribution in [0.15, 0.2) is 61.2 Å². The molecule has 4 rings (SSSR count). The number of fused-ring (bicyclic) bond motifs is 1. The van der Waals surface area contributed by atoms with Gasteiger partial charge in [-0.15, -0.1) is 0 Å². The Morgan fingerprint density at radius 2 is 1.80 bits per heavy atom. The lowest BCUT2D eigenvalue weighted by Gasteiger charge is -2.10. The predicted molar refractivity (Wildman–Crippen MR) is 98.7 cm³/mol. The van der Waals surface area contributed by atoms with Gasteiger partial charge in [0, 0.05) is 35.6 Å². The smallest absolute Gasteiger partial charge is 0.162 e. The molecule has 0 saturated carbocycles. The number of anilines is 2. The van der Waals surface area contributed by atoms with Gasteiger partial charge in [0.05, 0.1) is 17.4 Å². The maximum absolute atomic E-state index is 4.73. The standard InChI is InChI=1S/C19H18N6/c1-13(2)25-12-15(11-21-25)22-19-16-5-3-4-6-17(16)23-18(24-19)14-7-9-20-10-8-14/h3-13H,1-2H3,(H,22,23,24). The van der Waals surface area contributed by atoms with Gasteiger partial charge in [-0.2, -0.15) is 5.10 Å². The van der Waals surface area contributed by atoms with Crippen LogP contribution in [0.4, 0.5) is 11.5 Å². The average molecular weight is 330 g/mol. The molecule has 1 aromatic carbocycles. The Morgan fingerprint density at radius 3 is 2.56 bits per heavy atom. The van der Waals surface area contributed by atoms with E-state index in [9.17, 15) is 0 Å². The van der Waals surface area contributed by atoms with Crippen molar-refractivity contribution in [2.45, 2.75) is 19.9 Å². The van der Waals surface area contributed by atoms with Crippen molar-refractivity contribution in [1.82, 2.24) is 24.7 Å². The van der Waals surface area contributed by atoms with Gasteiger partial charge in [-0.3, -0.25) is 9.67 Å². The Hall–Kier alpha value is -3.28. The second-order valence-electron chi connectivity index (χ2n) is 6.08. The molecule has 0 unspecified atom stereocenters. The van der Waals surface area contributed by atoms with E-state index in [4.69, 9.17) is 4.98 Å². The lowest BCUT2D eigenvalue weighted by molar-refractivity contribution is 0.532. The molecule has 3 aromatic heterocycles. The number of rotatable bonds is 4. The molecule has 0 bridgehead atoms. The van der Waals surface area contributed by atoms with E-state index in [2.05, 4.69) is 34.2 Å². The van der Waals surface area contributed by atoms with Crippen molar-refractivity contribution in [2.75, 3.05) is 5.32 Å². The van der Waals surface area contributed by atoms with E-state index in [0.717, 1.165) is 28.0 Å². The number of hydrogen-bond donors (Lipinski definition) is 1. The molecule has 0 fully saturated rings. The Labute approximate surface area is 145 Å². The van der Waals surface area contributed by atoms with Crippen LogP contribution in [-0.2, 0) is 0 Å². The van der Waals surface area contributed by atoms with Crippen molar-refractivity contribution >= 4 is 22.4 Å². The summed E-state index contributed by atoms with van der Waals surface area (Å²) in [7, 11) is 0.